The van der Waals surface area contributed by atoms with Gasteiger partial charge in [0.1, 0.15) is 5.52 Å². The molecule has 106 valence electrons. The van der Waals surface area contributed by atoms with Gasteiger partial charge < -0.3 is 10.2 Å². The molecule has 22 heavy (non-hydrogen) atoms. The minimum absolute atomic E-state index is 0.571. The van der Waals surface area contributed by atoms with E-state index in [1.54, 1.807) is 12.4 Å². The number of hydrogen-bond donors (Lipinski definition) is 1. The molecule has 0 radical (unpaired) electrons. The zero-order valence-electron chi connectivity index (χ0n) is 11.7. The van der Waals surface area contributed by atoms with Crippen molar-refractivity contribution in [3.05, 3.63) is 67.0 Å². The number of nitrogen functional groups attached to an aromatic ring is 1. The highest BCUT2D eigenvalue weighted by atomic mass is 16.3. The quantitative estimate of drug-likeness (QED) is 0.563. The molecule has 2 aromatic carbocycles. The summed E-state index contributed by atoms with van der Waals surface area (Å²) in [6.45, 7) is 0. The molecule has 2 N–H and O–H groups in total. The SMILES string of the molecule is Nc1ccccc1-c1ccc2oc(-c3cccnc3)nc2c1. The maximum absolute atomic E-state index is 6.04. The van der Waals surface area contributed by atoms with Crippen LogP contribution in [0.15, 0.2) is 71.4 Å². The van der Waals surface area contributed by atoms with E-state index in [9.17, 15) is 0 Å². The standard InChI is InChI=1S/C18H13N3O/c19-15-6-2-1-5-14(15)12-7-8-17-16(10-12)21-18(22-17)13-4-3-9-20-11-13/h1-11H,19H2. The number of oxazole rings is 1. The second-order valence-corrected chi connectivity index (χ2v) is 5.03. The smallest absolute Gasteiger partial charge is 0.228 e. The molecular formula is C18H13N3O. The predicted octanol–water partition coefficient (Wildman–Crippen LogP) is 4.14. The fourth-order valence-electron chi connectivity index (χ4n) is 2.47. The second-order valence-electron chi connectivity index (χ2n) is 5.03. The first-order valence-corrected chi connectivity index (χ1v) is 6.97. The Morgan fingerprint density at radius 2 is 1.82 bits per heavy atom. The van der Waals surface area contributed by atoms with E-state index in [1.807, 2.05) is 54.6 Å². The van der Waals surface area contributed by atoms with E-state index in [4.69, 9.17) is 10.2 Å². The van der Waals surface area contributed by atoms with Crippen molar-refractivity contribution in [3.63, 3.8) is 0 Å². The molecule has 0 spiro atoms. The monoisotopic (exact) mass is 287 g/mol. The molecule has 2 aromatic heterocycles. The molecular weight excluding hydrogens is 274 g/mol. The fourth-order valence-corrected chi connectivity index (χ4v) is 2.47. The molecule has 0 unspecified atom stereocenters. The van der Waals surface area contributed by atoms with Gasteiger partial charge in [0.15, 0.2) is 5.58 Å². The minimum Gasteiger partial charge on any atom is -0.436 e. The van der Waals surface area contributed by atoms with Gasteiger partial charge in [0, 0.05) is 23.6 Å². The molecule has 4 aromatic rings. The number of nitrogens with two attached hydrogens (primary N) is 1. The Kier molecular flexibility index (Phi) is 2.86. The maximum Gasteiger partial charge on any atom is 0.228 e. The first-order valence-electron chi connectivity index (χ1n) is 6.97. The number of aromatic nitrogens is 2. The molecule has 0 bridgehead atoms. The van der Waals surface area contributed by atoms with Crippen LogP contribution in [-0.4, -0.2) is 9.97 Å². The lowest BCUT2D eigenvalue weighted by molar-refractivity contribution is 0.619. The fraction of sp³-hybridized carbons (Fsp3) is 0. The first-order chi connectivity index (χ1) is 10.8. The number of anilines is 1. The summed E-state index contributed by atoms with van der Waals surface area (Å²) in [5.74, 6) is 0.571. The first kappa shape index (κ1) is 12.6. The summed E-state index contributed by atoms with van der Waals surface area (Å²) in [6, 6.07) is 17.5. The van der Waals surface area contributed by atoms with Crippen molar-refractivity contribution >= 4 is 16.8 Å². The van der Waals surface area contributed by atoms with Crippen LogP contribution >= 0.6 is 0 Å². The summed E-state index contributed by atoms with van der Waals surface area (Å²) in [5.41, 5.74) is 11.2. The summed E-state index contributed by atoms with van der Waals surface area (Å²) in [4.78, 5) is 8.64. The largest absolute Gasteiger partial charge is 0.436 e. The van der Waals surface area contributed by atoms with E-state index in [2.05, 4.69) is 9.97 Å². The highest BCUT2D eigenvalue weighted by Crippen LogP contribution is 2.30. The van der Waals surface area contributed by atoms with Crippen LogP contribution in [0.25, 0.3) is 33.7 Å². The van der Waals surface area contributed by atoms with E-state index >= 15 is 0 Å². The van der Waals surface area contributed by atoms with Gasteiger partial charge in [-0.15, -0.1) is 0 Å². The number of pyridine rings is 1. The van der Waals surface area contributed by atoms with Crippen molar-refractivity contribution in [3.8, 4) is 22.6 Å². The lowest BCUT2D eigenvalue weighted by Gasteiger charge is -2.04. The van der Waals surface area contributed by atoms with Crippen LogP contribution in [0.1, 0.15) is 0 Å². The normalized spacial score (nSPS) is 10.9. The van der Waals surface area contributed by atoms with Crippen molar-refractivity contribution in [2.75, 3.05) is 5.73 Å². The Bertz CT molecular complexity index is 945. The van der Waals surface area contributed by atoms with Gasteiger partial charge in [-0.05, 0) is 35.9 Å². The molecule has 0 aliphatic carbocycles. The zero-order valence-corrected chi connectivity index (χ0v) is 11.7. The van der Waals surface area contributed by atoms with Gasteiger partial charge in [-0.2, -0.15) is 0 Å². The number of benzene rings is 2. The summed E-state index contributed by atoms with van der Waals surface area (Å²) >= 11 is 0. The van der Waals surface area contributed by atoms with Crippen LogP contribution in [0, 0.1) is 0 Å². The third-order valence-electron chi connectivity index (χ3n) is 3.57. The van der Waals surface area contributed by atoms with Crippen LogP contribution in [0.4, 0.5) is 5.69 Å². The van der Waals surface area contributed by atoms with E-state index < -0.39 is 0 Å². The molecule has 0 amide bonds. The molecule has 0 fully saturated rings. The van der Waals surface area contributed by atoms with Gasteiger partial charge >= 0.3 is 0 Å². The maximum atomic E-state index is 6.04. The lowest BCUT2D eigenvalue weighted by Crippen LogP contribution is -1.88. The number of nitrogens with zero attached hydrogens (tertiary/aromatic N) is 2. The van der Waals surface area contributed by atoms with Crippen molar-refractivity contribution < 1.29 is 4.42 Å². The number of rotatable bonds is 2. The predicted molar refractivity (Wildman–Crippen MR) is 87.1 cm³/mol. The third kappa shape index (κ3) is 2.11. The van der Waals surface area contributed by atoms with Gasteiger partial charge in [0.05, 0.1) is 5.56 Å². The molecule has 4 rings (SSSR count). The molecule has 0 saturated carbocycles. The summed E-state index contributed by atoms with van der Waals surface area (Å²) < 4.78 is 5.79. The molecule has 0 aliphatic heterocycles. The van der Waals surface area contributed by atoms with Crippen LogP contribution in [0.2, 0.25) is 0 Å². The lowest BCUT2D eigenvalue weighted by atomic mass is 10.0. The van der Waals surface area contributed by atoms with Gasteiger partial charge in [0.2, 0.25) is 5.89 Å². The number of hydrogen-bond acceptors (Lipinski definition) is 4. The van der Waals surface area contributed by atoms with Crippen LogP contribution in [0.5, 0.6) is 0 Å². The summed E-state index contributed by atoms with van der Waals surface area (Å²) in [6.07, 6.45) is 3.46. The van der Waals surface area contributed by atoms with Crippen LogP contribution in [-0.2, 0) is 0 Å². The van der Waals surface area contributed by atoms with Crippen molar-refractivity contribution in [1.29, 1.82) is 0 Å². The van der Waals surface area contributed by atoms with E-state index in [-0.39, 0.29) is 0 Å². The van der Waals surface area contributed by atoms with Gasteiger partial charge in [0.25, 0.3) is 0 Å². The Labute approximate surface area is 127 Å². The Morgan fingerprint density at radius 1 is 0.909 bits per heavy atom. The van der Waals surface area contributed by atoms with Gasteiger partial charge in [-0.3, -0.25) is 4.98 Å². The van der Waals surface area contributed by atoms with Crippen molar-refractivity contribution in [2.45, 2.75) is 0 Å². The zero-order chi connectivity index (χ0) is 14.9. The molecule has 0 atom stereocenters. The second kappa shape index (κ2) is 5.00. The Balaban J connectivity index is 1.84. The minimum atomic E-state index is 0.571. The summed E-state index contributed by atoms with van der Waals surface area (Å²) in [7, 11) is 0. The average molecular weight is 287 g/mol. The Hall–Kier alpha value is -3.14. The van der Waals surface area contributed by atoms with E-state index in [0.29, 0.717) is 5.89 Å². The molecule has 2 heterocycles. The van der Waals surface area contributed by atoms with Gasteiger partial charge in [-0.25, -0.2) is 4.98 Å². The Morgan fingerprint density at radius 3 is 2.64 bits per heavy atom. The highest BCUT2D eigenvalue weighted by Gasteiger charge is 2.10. The topological polar surface area (TPSA) is 64.9 Å². The van der Waals surface area contributed by atoms with Crippen LogP contribution < -0.4 is 5.73 Å². The highest BCUT2D eigenvalue weighted by molar-refractivity contribution is 5.85. The van der Waals surface area contributed by atoms with E-state index in [0.717, 1.165) is 33.5 Å². The van der Waals surface area contributed by atoms with E-state index in [1.165, 1.54) is 0 Å². The molecule has 4 heteroatoms. The average Bonchev–Trinajstić information content (AvgIpc) is 2.99. The van der Waals surface area contributed by atoms with Crippen molar-refractivity contribution in [1.82, 2.24) is 9.97 Å². The van der Waals surface area contributed by atoms with Crippen LogP contribution in [0.3, 0.4) is 0 Å². The molecule has 0 aliphatic rings. The summed E-state index contributed by atoms with van der Waals surface area (Å²) in [5, 5.41) is 0. The van der Waals surface area contributed by atoms with Crippen molar-refractivity contribution in [2.24, 2.45) is 0 Å². The number of para-hydroxylation sites is 1. The molecule has 4 nitrogen and oxygen atoms in total. The molecule has 0 saturated heterocycles. The third-order valence-corrected chi connectivity index (χ3v) is 3.57. The van der Waals surface area contributed by atoms with Gasteiger partial charge in [-0.1, -0.05) is 24.3 Å². The number of fused-ring (bicyclic) bond motifs is 1.